The molecule has 3 fully saturated rings. The van der Waals surface area contributed by atoms with Crippen molar-refractivity contribution in [1.82, 2.24) is 29.8 Å². The van der Waals surface area contributed by atoms with Crippen molar-refractivity contribution in [3.63, 3.8) is 0 Å². The van der Waals surface area contributed by atoms with Crippen LogP contribution >= 0.6 is 11.5 Å². The number of nitrogen functional groups attached to an aromatic ring is 1. The Morgan fingerprint density at radius 2 is 1.15 bits per heavy atom. The Morgan fingerprint density at radius 3 is 1.53 bits per heavy atom. The third-order valence-corrected chi connectivity index (χ3v) is 11.0. The van der Waals surface area contributed by atoms with Crippen LogP contribution in [0.5, 0.6) is 0 Å². The lowest BCUT2D eigenvalue weighted by molar-refractivity contribution is -0.150. The Morgan fingerprint density at radius 1 is 0.717 bits per heavy atom. The molecule has 0 aromatic carbocycles. The third-order valence-electron chi connectivity index (χ3n) is 10.5. The highest BCUT2D eigenvalue weighted by Crippen LogP contribution is 2.44. The number of nitrogens with zero attached hydrogens (tertiary/aromatic N) is 6. The van der Waals surface area contributed by atoms with Gasteiger partial charge in [-0.05, 0) is 57.8 Å². The number of rotatable bonds is 11. The molecule has 3 saturated carbocycles. The zero-order chi connectivity index (χ0) is 38.8. The van der Waals surface area contributed by atoms with E-state index >= 15 is 0 Å². The largest absolute Gasteiger partial charge is 0.481 e. The molecule has 19 nitrogen and oxygen atoms in total. The fraction of sp³-hybridized carbons (Fsp3) is 0.667. The van der Waals surface area contributed by atoms with Gasteiger partial charge in [0.05, 0.1) is 35.4 Å². The van der Waals surface area contributed by atoms with Gasteiger partial charge in [0.2, 0.25) is 16.9 Å². The number of azo groups is 1. The van der Waals surface area contributed by atoms with Crippen LogP contribution in [0, 0.1) is 35.5 Å². The maximum atomic E-state index is 14.0. The van der Waals surface area contributed by atoms with Crippen LogP contribution in [-0.4, -0.2) is 87.3 Å². The van der Waals surface area contributed by atoms with Crippen molar-refractivity contribution in [2.24, 2.45) is 45.7 Å². The van der Waals surface area contributed by atoms with Gasteiger partial charge in [0.1, 0.15) is 12.1 Å². The quantitative estimate of drug-likeness (QED) is 0.162. The molecule has 2 amide bonds. The monoisotopic (exact) mass is 759 g/mol. The predicted octanol–water partition coefficient (Wildman–Crippen LogP) is 3.13. The van der Waals surface area contributed by atoms with Crippen LogP contribution in [0.25, 0.3) is 0 Å². The maximum absolute atomic E-state index is 14.0. The molecular weight excluding hydrogens is 714 g/mol. The summed E-state index contributed by atoms with van der Waals surface area (Å²) in [6.45, 7) is 5.73. The molecule has 2 aromatic rings. The van der Waals surface area contributed by atoms with E-state index in [0.717, 1.165) is 11.5 Å². The summed E-state index contributed by atoms with van der Waals surface area (Å²) in [4.78, 5) is 79.3. The van der Waals surface area contributed by atoms with Crippen molar-refractivity contribution < 1.29 is 49.2 Å². The number of aromatic nitrogens is 4. The number of nitrogens with one attached hydrogen (secondary N) is 2. The molecule has 5 rings (SSSR count). The highest BCUT2D eigenvalue weighted by molar-refractivity contribution is 7.09. The normalized spacial score (nSPS) is 29.3. The number of hydrogen-bond donors (Lipinski definition) is 7. The minimum Gasteiger partial charge on any atom is -0.481 e. The third kappa shape index (κ3) is 9.33. The minimum absolute atomic E-state index is 0.0477. The lowest BCUT2D eigenvalue weighted by Gasteiger charge is -2.37. The fourth-order valence-corrected chi connectivity index (χ4v) is 8.22. The van der Waals surface area contributed by atoms with Crippen LogP contribution in [0.2, 0.25) is 0 Å². The number of carbonyl (C=O) groups excluding carboxylic acids is 2. The number of carboxylic acid groups (broad SMARTS) is 4. The van der Waals surface area contributed by atoms with Crippen molar-refractivity contribution in [3.8, 4) is 0 Å². The van der Waals surface area contributed by atoms with Crippen LogP contribution in [-0.2, 0) is 34.2 Å². The number of carbonyl (C=O) groups is 6. The molecule has 0 spiro atoms. The van der Waals surface area contributed by atoms with Gasteiger partial charge >= 0.3 is 23.9 Å². The van der Waals surface area contributed by atoms with Gasteiger partial charge in [-0.25, -0.2) is 9.67 Å². The average molecular weight is 760 g/mol. The van der Waals surface area contributed by atoms with E-state index in [1.807, 2.05) is 20.8 Å². The molecule has 20 heteroatoms. The van der Waals surface area contributed by atoms with E-state index < -0.39 is 94.7 Å². The molecule has 0 saturated heterocycles. The number of aliphatic carboxylic acids is 4. The number of nitrogens with two attached hydrogens (primary N) is 1. The molecule has 288 valence electrons. The number of amides is 2. The highest BCUT2D eigenvalue weighted by atomic mass is 32.1. The van der Waals surface area contributed by atoms with Gasteiger partial charge < -0.3 is 36.8 Å². The van der Waals surface area contributed by atoms with Crippen molar-refractivity contribution in [3.05, 3.63) is 12.0 Å². The molecule has 0 aliphatic heterocycles. The second-order valence-electron chi connectivity index (χ2n) is 15.4. The summed E-state index contributed by atoms with van der Waals surface area (Å²) in [7, 11) is 0. The van der Waals surface area contributed by atoms with Crippen LogP contribution in [0.1, 0.15) is 90.3 Å². The molecule has 6 unspecified atom stereocenters. The van der Waals surface area contributed by atoms with Gasteiger partial charge in [0.15, 0.2) is 5.69 Å². The summed E-state index contributed by atoms with van der Waals surface area (Å²) in [5.41, 5.74) is 6.89. The SMILES string of the molecule is CC(C)(C)c1nn(C2CC(C(=O)NC3CC(C(=O)O)CC(C(=O)O)C3)CC(C(=O)NC3CC(C(=O)O)CC(C(=O)O)C3)C2)c(N)c1N=Nc1ncns1. The standard InChI is InChI=1S/C33H45N9O10S/c1-33(2,3)24-23(39-40-32-35-13-36-53-32)25(34)42(41-24)22-11-14(26(43)37-20-7-16(28(45)46)5-17(8-20)29(47)48)4-15(12-22)27(44)38-21-9-18(30(49)50)6-19(10-21)31(51)52/h13-22H,4-12,34H2,1-3H3,(H,37,43)(H,38,44)(H,45,46)(H,47,48)(H,49,50)(H,51,52). The molecule has 0 bridgehead atoms. The second kappa shape index (κ2) is 15.9. The molecule has 2 heterocycles. The topological polar surface area (TPSA) is 302 Å². The first-order valence-electron chi connectivity index (χ1n) is 17.5. The van der Waals surface area contributed by atoms with Crippen molar-refractivity contribution >= 4 is 63.9 Å². The lowest BCUT2D eigenvalue weighted by Crippen LogP contribution is -2.49. The molecular formula is C33H45N9O10S. The number of anilines is 1. The predicted molar refractivity (Wildman–Crippen MR) is 185 cm³/mol. The van der Waals surface area contributed by atoms with Gasteiger partial charge in [0.25, 0.3) is 0 Å². The Kier molecular flexibility index (Phi) is 11.8. The summed E-state index contributed by atoms with van der Waals surface area (Å²) >= 11 is 1.03. The summed E-state index contributed by atoms with van der Waals surface area (Å²) in [6.07, 6.45) is 1.82. The summed E-state index contributed by atoms with van der Waals surface area (Å²) in [5.74, 6) is -10.9. The zero-order valence-electron chi connectivity index (χ0n) is 29.5. The van der Waals surface area contributed by atoms with Crippen molar-refractivity contribution in [2.45, 2.75) is 102 Å². The highest BCUT2D eigenvalue weighted by Gasteiger charge is 2.43. The number of carboxylic acids is 4. The smallest absolute Gasteiger partial charge is 0.306 e. The number of hydrogen-bond acceptors (Lipinski definition) is 13. The van der Waals surface area contributed by atoms with Crippen LogP contribution < -0.4 is 16.4 Å². The van der Waals surface area contributed by atoms with E-state index in [4.69, 9.17) is 10.8 Å². The van der Waals surface area contributed by atoms with E-state index in [0.29, 0.717) is 10.8 Å². The van der Waals surface area contributed by atoms with E-state index in [9.17, 15) is 49.2 Å². The average Bonchev–Trinajstić information content (AvgIpc) is 3.74. The van der Waals surface area contributed by atoms with Gasteiger partial charge in [-0.1, -0.05) is 20.8 Å². The van der Waals surface area contributed by atoms with Gasteiger partial charge in [-0.15, -0.1) is 10.2 Å². The van der Waals surface area contributed by atoms with Crippen LogP contribution in [0.15, 0.2) is 16.6 Å². The molecule has 6 atom stereocenters. The molecule has 8 N–H and O–H groups in total. The van der Waals surface area contributed by atoms with Crippen LogP contribution in [0.3, 0.4) is 0 Å². The van der Waals surface area contributed by atoms with E-state index in [2.05, 4.69) is 30.2 Å². The molecule has 0 radical (unpaired) electrons. The van der Waals surface area contributed by atoms with E-state index in [1.165, 1.54) is 11.0 Å². The van der Waals surface area contributed by atoms with Gasteiger partial charge in [-0.3, -0.25) is 28.8 Å². The van der Waals surface area contributed by atoms with Crippen LogP contribution in [0.4, 0.5) is 16.6 Å². The zero-order valence-corrected chi connectivity index (χ0v) is 30.4. The Hall–Kier alpha value is -5.01. The summed E-state index contributed by atoms with van der Waals surface area (Å²) < 4.78 is 5.45. The van der Waals surface area contributed by atoms with Crippen molar-refractivity contribution in [1.29, 1.82) is 0 Å². The molecule has 3 aliphatic rings. The van der Waals surface area contributed by atoms with E-state index in [-0.39, 0.29) is 69.3 Å². The fourth-order valence-electron chi connectivity index (χ4n) is 7.86. The Labute approximate surface area is 308 Å². The van der Waals surface area contributed by atoms with Gasteiger partial charge in [-0.2, -0.15) is 9.47 Å². The Bertz CT molecular complexity index is 1640. The van der Waals surface area contributed by atoms with Crippen molar-refractivity contribution in [2.75, 3.05) is 5.73 Å². The first-order valence-corrected chi connectivity index (χ1v) is 18.3. The summed E-state index contributed by atoms with van der Waals surface area (Å²) in [5, 5.41) is 58.0. The minimum atomic E-state index is -1.15. The summed E-state index contributed by atoms with van der Waals surface area (Å²) in [6, 6.07) is -2.09. The van der Waals surface area contributed by atoms with E-state index in [1.54, 1.807) is 0 Å². The first kappa shape index (κ1) is 39.2. The molecule has 53 heavy (non-hydrogen) atoms. The maximum Gasteiger partial charge on any atom is 0.306 e. The Balaban J connectivity index is 1.44. The molecule has 3 aliphatic carbocycles. The first-order chi connectivity index (χ1) is 24.9. The lowest BCUT2D eigenvalue weighted by atomic mass is 9.75. The van der Waals surface area contributed by atoms with Gasteiger partial charge in [0, 0.05) is 40.9 Å². The second-order valence-corrected chi connectivity index (χ2v) is 16.2. The molecule has 2 aromatic heterocycles.